The average molecular weight is 452 g/mol. The Bertz CT molecular complexity index is 1040. The summed E-state index contributed by atoms with van der Waals surface area (Å²) in [5, 5.41) is 1.22. The summed E-state index contributed by atoms with van der Waals surface area (Å²) in [6.07, 6.45) is 1.75. The second-order valence-electron chi connectivity index (χ2n) is 5.76. The van der Waals surface area contributed by atoms with Gasteiger partial charge in [-0.2, -0.15) is 4.72 Å². The van der Waals surface area contributed by atoms with Gasteiger partial charge in [-0.05, 0) is 35.9 Å². The standard InChI is InChI=1S/C17H14Cl4N2O2S/c1-23-10-14(13-4-2-3-5-15(13)23)16(17(19,20)21)22-26(24,25)12-8-6-11(18)7-9-12/h2-10,16,22H,1H3. The van der Waals surface area contributed by atoms with Crippen LogP contribution in [0.2, 0.25) is 5.02 Å². The molecule has 1 heterocycles. The lowest BCUT2D eigenvalue weighted by molar-refractivity contribution is 0.559. The van der Waals surface area contributed by atoms with Crippen LogP contribution in [0.25, 0.3) is 10.9 Å². The van der Waals surface area contributed by atoms with E-state index in [1.807, 2.05) is 35.9 Å². The number of hydrogen-bond donors (Lipinski definition) is 1. The lowest BCUT2D eigenvalue weighted by Gasteiger charge is -2.25. The second-order valence-corrected chi connectivity index (χ2v) is 10.3. The largest absolute Gasteiger partial charge is 0.350 e. The minimum Gasteiger partial charge on any atom is -0.350 e. The molecule has 0 aliphatic carbocycles. The third-order valence-corrected chi connectivity index (χ3v) is 6.31. The molecule has 1 atom stereocenters. The van der Waals surface area contributed by atoms with Crippen molar-refractivity contribution in [1.82, 2.24) is 9.29 Å². The van der Waals surface area contributed by atoms with Crippen molar-refractivity contribution in [2.75, 3.05) is 0 Å². The molecule has 0 aliphatic rings. The molecule has 1 N–H and O–H groups in total. The van der Waals surface area contributed by atoms with Crippen LogP contribution < -0.4 is 4.72 Å². The summed E-state index contributed by atoms with van der Waals surface area (Å²) in [5.74, 6) is 0. The SMILES string of the molecule is Cn1cc(C(NS(=O)(=O)c2ccc(Cl)cc2)C(Cl)(Cl)Cl)c2ccccc21. The first kappa shape index (κ1) is 19.8. The van der Waals surface area contributed by atoms with Crippen LogP contribution in [0.15, 0.2) is 59.6 Å². The van der Waals surface area contributed by atoms with Crippen molar-refractivity contribution in [1.29, 1.82) is 0 Å². The first-order valence-electron chi connectivity index (χ1n) is 7.48. The van der Waals surface area contributed by atoms with E-state index in [4.69, 9.17) is 46.4 Å². The molecule has 138 valence electrons. The van der Waals surface area contributed by atoms with Gasteiger partial charge in [0.2, 0.25) is 13.8 Å². The van der Waals surface area contributed by atoms with Gasteiger partial charge in [-0.15, -0.1) is 0 Å². The zero-order valence-electron chi connectivity index (χ0n) is 13.5. The fourth-order valence-corrected chi connectivity index (χ4v) is 4.83. The van der Waals surface area contributed by atoms with E-state index in [1.54, 1.807) is 6.20 Å². The molecule has 0 radical (unpaired) electrons. The van der Waals surface area contributed by atoms with Gasteiger partial charge in [0.1, 0.15) is 0 Å². The number of nitrogens with zero attached hydrogens (tertiary/aromatic N) is 1. The summed E-state index contributed by atoms with van der Waals surface area (Å²) < 4.78 is 28.0. The molecule has 0 amide bonds. The molecular weight excluding hydrogens is 438 g/mol. The smallest absolute Gasteiger partial charge is 0.241 e. The van der Waals surface area contributed by atoms with Crippen LogP contribution in [0.5, 0.6) is 0 Å². The number of alkyl halides is 3. The summed E-state index contributed by atoms with van der Waals surface area (Å²) in [7, 11) is -2.10. The van der Waals surface area contributed by atoms with Crippen molar-refractivity contribution in [2.45, 2.75) is 14.7 Å². The van der Waals surface area contributed by atoms with Gasteiger partial charge in [0.05, 0.1) is 10.9 Å². The molecule has 4 nitrogen and oxygen atoms in total. The maximum absolute atomic E-state index is 12.8. The van der Waals surface area contributed by atoms with Crippen molar-refractivity contribution in [2.24, 2.45) is 7.05 Å². The summed E-state index contributed by atoms with van der Waals surface area (Å²) >= 11 is 24.2. The van der Waals surface area contributed by atoms with Gasteiger partial charge in [-0.3, -0.25) is 0 Å². The zero-order chi connectivity index (χ0) is 19.1. The molecule has 1 unspecified atom stereocenters. The van der Waals surface area contributed by atoms with Gasteiger partial charge in [-0.1, -0.05) is 64.6 Å². The number of para-hydroxylation sites is 1. The number of aromatic nitrogens is 1. The highest BCUT2D eigenvalue weighted by Gasteiger charge is 2.39. The van der Waals surface area contributed by atoms with E-state index < -0.39 is 19.9 Å². The van der Waals surface area contributed by atoms with Crippen molar-refractivity contribution in [3.8, 4) is 0 Å². The molecule has 9 heteroatoms. The van der Waals surface area contributed by atoms with Crippen molar-refractivity contribution in [3.05, 3.63) is 65.3 Å². The lowest BCUT2D eigenvalue weighted by Crippen LogP contribution is -2.36. The topological polar surface area (TPSA) is 51.1 Å². The Morgan fingerprint density at radius 3 is 2.27 bits per heavy atom. The highest BCUT2D eigenvalue weighted by molar-refractivity contribution is 7.89. The Morgan fingerprint density at radius 1 is 1.04 bits per heavy atom. The number of rotatable bonds is 4. The molecule has 0 bridgehead atoms. The Balaban J connectivity index is 2.08. The number of sulfonamides is 1. The predicted molar refractivity (Wildman–Crippen MR) is 108 cm³/mol. The van der Waals surface area contributed by atoms with Gasteiger partial charge in [0, 0.05) is 29.2 Å². The molecule has 0 spiro atoms. The van der Waals surface area contributed by atoms with E-state index in [9.17, 15) is 8.42 Å². The van der Waals surface area contributed by atoms with E-state index in [0.29, 0.717) is 10.6 Å². The zero-order valence-corrected chi connectivity index (χ0v) is 17.3. The number of hydrogen-bond acceptors (Lipinski definition) is 2. The minimum atomic E-state index is -3.94. The maximum atomic E-state index is 12.8. The van der Waals surface area contributed by atoms with E-state index in [0.717, 1.165) is 10.9 Å². The van der Waals surface area contributed by atoms with Gasteiger partial charge >= 0.3 is 0 Å². The van der Waals surface area contributed by atoms with Gasteiger partial charge in [0.25, 0.3) is 0 Å². The van der Waals surface area contributed by atoms with Gasteiger partial charge in [0.15, 0.2) is 0 Å². The maximum Gasteiger partial charge on any atom is 0.241 e. The van der Waals surface area contributed by atoms with E-state index in [-0.39, 0.29) is 4.90 Å². The Kier molecular flexibility index (Phi) is 5.50. The number of halogens is 4. The molecule has 2 aromatic carbocycles. The Labute approximate surface area is 171 Å². The summed E-state index contributed by atoms with van der Waals surface area (Å²) in [4.78, 5) is 0.0291. The van der Waals surface area contributed by atoms with Crippen LogP contribution in [0.4, 0.5) is 0 Å². The summed E-state index contributed by atoms with van der Waals surface area (Å²) in [5.41, 5.74) is 1.47. The number of nitrogens with one attached hydrogen (secondary N) is 1. The second kappa shape index (κ2) is 7.23. The molecule has 3 rings (SSSR count). The monoisotopic (exact) mass is 450 g/mol. The van der Waals surface area contributed by atoms with E-state index in [1.165, 1.54) is 24.3 Å². The Morgan fingerprint density at radius 2 is 1.65 bits per heavy atom. The number of fused-ring (bicyclic) bond motifs is 1. The molecule has 0 saturated heterocycles. The van der Waals surface area contributed by atoms with Crippen LogP contribution in [-0.4, -0.2) is 16.8 Å². The van der Waals surface area contributed by atoms with Crippen molar-refractivity contribution < 1.29 is 8.42 Å². The third-order valence-electron chi connectivity index (χ3n) is 3.96. The molecule has 0 fully saturated rings. The fraction of sp³-hybridized carbons (Fsp3) is 0.176. The van der Waals surface area contributed by atoms with Crippen LogP contribution in [0.3, 0.4) is 0 Å². The van der Waals surface area contributed by atoms with E-state index >= 15 is 0 Å². The Hall–Kier alpha value is -0.950. The first-order chi connectivity index (χ1) is 12.1. The molecule has 3 aromatic rings. The summed E-state index contributed by atoms with van der Waals surface area (Å²) in [6, 6.07) is 12.2. The molecule has 26 heavy (non-hydrogen) atoms. The first-order valence-corrected chi connectivity index (χ1v) is 10.5. The number of aryl methyl sites for hydroxylation is 1. The fourth-order valence-electron chi connectivity index (χ4n) is 2.75. The molecular formula is C17H14Cl4N2O2S. The van der Waals surface area contributed by atoms with Gasteiger partial charge < -0.3 is 4.57 Å². The van der Waals surface area contributed by atoms with Crippen LogP contribution in [0.1, 0.15) is 11.6 Å². The average Bonchev–Trinajstić information content (AvgIpc) is 2.89. The highest BCUT2D eigenvalue weighted by Crippen LogP contribution is 2.43. The van der Waals surface area contributed by atoms with Gasteiger partial charge in [-0.25, -0.2) is 8.42 Å². The molecule has 0 saturated carbocycles. The van der Waals surface area contributed by atoms with Crippen LogP contribution >= 0.6 is 46.4 Å². The van der Waals surface area contributed by atoms with Crippen LogP contribution in [-0.2, 0) is 17.1 Å². The summed E-state index contributed by atoms with van der Waals surface area (Å²) in [6.45, 7) is 0. The number of benzene rings is 2. The third kappa shape index (κ3) is 3.98. The quantitative estimate of drug-likeness (QED) is 0.552. The van der Waals surface area contributed by atoms with Crippen LogP contribution in [0, 0.1) is 0 Å². The van der Waals surface area contributed by atoms with Crippen molar-refractivity contribution in [3.63, 3.8) is 0 Å². The van der Waals surface area contributed by atoms with E-state index in [2.05, 4.69) is 4.72 Å². The normalized spacial score (nSPS) is 13.9. The lowest BCUT2D eigenvalue weighted by atomic mass is 10.1. The molecule has 1 aromatic heterocycles. The van der Waals surface area contributed by atoms with Crippen molar-refractivity contribution >= 4 is 67.3 Å². The minimum absolute atomic E-state index is 0.0291. The predicted octanol–water partition coefficient (Wildman–Crippen LogP) is 5.22. The molecule has 0 aliphatic heterocycles. The highest BCUT2D eigenvalue weighted by atomic mass is 35.6.